The van der Waals surface area contributed by atoms with Crippen molar-refractivity contribution in [2.24, 2.45) is 0 Å². The van der Waals surface area contributed by atoms with Crippen molar-refractivity contribution in [3.05, 3.63) is 82.2 Å². The first-order valence-electron chi connectivity index (χ1n) is 8.01. The number of nitrogens with one attached hydrogen (secondary N) is 2. The highest BCUT2D eigenvalue weighted by Crippen LogP contribution is 2.20. The molecule has 4 rings (SSSR count). The maximum Gasteiger partial charge on any atom is 0.271 e. The fraction of sp³-hybridized carbons (Fsp3) is 0.0526. The molecule has 0 spiro atoms. The van der Waals surface area contributed by atoms with Crippen molar-refractivity contribution in [1.82, 2.24) is 15.3 Å². The molecule has 0 bridgehead atoms. The van der Waals surface area contributed by atoms with Gasteiger partial charge in [0, 0.05) is 17.7 Å². The molecular formula is C19H14N4O3. The average molecular weight is 346 g/mol. The normalized spacial score (nSPS) is 10.9. The Morgan fingerprint density at radius 3 is 2.77 bits per heavy atom. The van der Waals surface area contributed by atoms with E-state index in [4.69, 9.17) is 0 Å². The van der Waals surface area contributed by atoms with Gasteiger partial charge in [-0.3, -0.25) is 14.9 Å². The maximum atomic E-state index is 12.5. The molecule has 0 radical (unpaired) electrons. The van der Waals surface area contributed by atoms with Gasteiger partial charge in [-0.15, -0.1) is 0 Å². The summed E-state index contributed by atoms with van der Waals surface area (Å²) in [7, 11) is 0. The summed E-state index contributed by atoms with van der Waals surface area (Å²) in [4.78, 5) is 30.3. The summed E-state index contributed by atoms with van der Waals surface area (Å²) in [6.45, 7) is 0.199. The number of aromatic nitrogens is 2. The third-order valence-electron chi connectivity index (χ3n) is 4.18. The molecule has 26 heavy (non-hydrogen) atoms. The molecule has 2 N–H and O–H groups in total. The summed E-state index contributed by atoms with van der Waals surface area (Å²) in [6, 6.07) is 17.7. The van der Waals surface area contributed by atoms with Gasteiger partial charge in [-0.1, -0.05) is 36.4 Å². The number of non-ortho nitro benzene ring substituents is 1. The predicted octanol–water partition coefficient (Wildman–Crippen LogP) is 3.55. The molecule has 0 fully saturated rings. The number of carbonyl (C=O) groups excluding carboxylic acids is 1. The fourth-order valence-electron chi connectivity index (χ4n) is 2.93. The lowest BCUT2D eigenvalue weighted by atomic mass is 10.0. The van der Waals surface area contributed by atoms with Crippen LogP contribution >= 0.6 is 0 Å². The monoisotopic (exact) mass is 346 g/mol. The van der Waals surface area contributed by atoms with Crippen molar-refractivity contribution in [1.29, 1.82) is 0 Å². The Bertz CT molecular complexity index is 1140. The molecule has 0 saturated heterocycles. The van der Waals surface area contributed by atoms with E-state index >= 15 is 0 Å². The zero-order valence-electron chi connectivity index (χ0n) is 13.6. The van der Waals surface area contributed by atoms with Gasteiger partial charge in [0.05, 0.1) is 22.5 Å². The van der Waals surface area contributed by atoms with Gasteiger partial charge in [0.2, 0.25) is 0 Å². The highest BCUT2D eigenvalue weighted by Gasteiger charge is 2.12. The Morgan fingerprint density at radius 2 is 1.92 bits per heavy atom. The van der Waals surface area contributed by atoms with Gasteiger partial charge >= 0.3 is 0 Å². The minimum absolute atomic E-state index is 0.00695. The van der Waals surface area contributed by atoms with Gasteiger partial charge in [0.15, 0.2) is 0 Å². The lowest BCUT2D eigenvalue weighted by Gasteiger charge is -2.07. The van der Waals surface area contributed by atoms with Gasteiger partial charge < -0.3 is 10.3 Å². The lowest BCUT2D eigenvalue weighted by Crippen LogP contribution is -2.23. The van der Waals surface area contributed by atoms with Gasteiger partial charge in [-0.2, -0.15) is 0 Å². The Kier molecular flexibility index (Phi) is 3.81. The number of imidazole rings is 1. The molecule has 1 amide bonds. The topological polar surface area (TPSA) is 101 Å². The molecule has 0 aliphatic heterocycles. The van der Waals surface area contributed by atoms with Gasteiger partial charge in [-0.05, 0) is 22.9 Å². The molecule has 0 atom stereocenters. The summed E-state index contributed by atoms with van der Waals surface area (Å²) >= 11 is 0. The van der Waals surface area contributed by atoms with E-state index in [1.165, 1.54) is 12.1 Å². The Labute approximate surface area is 147 Å². The number of nitro benzene ring substituents is 1. The lowest BCUT2D eigenvalue weighted by molar-refractivity contribution is -0.384. The summed E-state index contributed by atoms with van der Waals surface area (Å²) in [5.41, 5.74) is 1.76. The quantitative estimate of drug-likeness (QED) is 0.436. The largest absolute Gasteiger partial charge is 0.345 e. The van der Waals surface area contributed by atoms with E-state index in [2.05, 4.69) is 15.3 Å². The third-order valence-corrected chi connectivity index (χ3v) is 4.18. The Hall–Kier alpha value is -3.74. The second-order valence-electron chi connectivity index (χ2n) is 5.85. The van der Waals surface area contributed by atoms with Crippen LogP contribution in [-0.4, -0.2) is 20.8 Å². The molecule has 0 saturated carbocycles. The molecule has 3 aromatic carbocycles. The highest BCUT2D eigenvalue weighted by molar-refractivity contribution is 6.06. The van der Waals surface area contributed by atoms with Crippen molar-refractivity contribution >= 4 is 33.4 Å². The number of hydrogen-bond donors (Lipinski definition) is 2. The molecule has 7 heteroatoms. The molecular weight excluding hydrogens is 332 g/mol. The van der Waals surface area contributed by atoms with Crippen molar-refractivity contribution < 1.29 is 9.72 Å². The number of H-pyrrole nitrogens is 1. The van der Waals surface area contributed by atoms with Crippen LogP contribution < -0.4 is 5.32 Å². The van der Waals surface area contributed by atoms with E-state index in [-0.39, 0.29) is 18.1 Å². The second kappa shape index (κ2) is 6.29. The smallest absolute Gasteiger partial charge is 0.271 e. The van der Waals surface area contributed by atoms with Crippen molar-refractivity contribution in [2.45, 2.75) is 6.54 Å². The predicted molar refractivity (Wildman–Crippen MR) is 97.9 cm³/mol. The van der Waals surface area contributed by atoms with E-state index in [1.807, 2.05) is 36.4 Å². The summed E-state index contributed by atoms with van der Waals surface area (Å²) in [5.74, 6) is 0.335. The molecule has 4 aromatic rings. The summed E-state index contributed by atoms with van der Waals surface area (Å²) < 4.78 is 0. The first-order chi connectivity index (χ1) is 12.6. The van der Waals surface area contributed by atoms with Gasteiger partial charge in [-0.25, -0.2) is 4.98 Å². The number of nitrogens with zero attached hydrogens (tertiary/aromatic N) is 2. The van der Waals surface area contributed by atoms with Crippen molar-refractivity contribution in [3.8, 4) is 0 Å². The van der Waals surface area contributed by atoms with Crippen molar-refractivity contribution in [3.63, 3.8) is 0 Å². The van der Waals surface area contributed by atoms with Crippen LogP contribution in [0.4, 0.5) is 5.69 Å². The van der Waals surface area contributed by atoms with E-state index < -0.39 is 4.92 Å². The molecule has 1 heterocycles. The van der Waals surface area contributed by atoms with E-state index in [0.717, 1.165) is 10.8 Å². The standard InChI is InChI=1S/C19H14N4O3/c24-19(15-7-3-5-12-4-1-2-6-14(12)15)20-11-18-21-16-9-8-13(23(25)26)10-17(16)22-18/h1-10H,11H2,(H,20,24)(H,21,22). The number of aromatic amines is 1. The molecule has 0 aliphatic rings. The zero-order valence-corrected chi connectivity index (χ0v) is 13.6. The average Bonchev–Trinajstić information content (AvgIpc) is 3.07. The van der Waals surface area contributed by atoms with Crippen molar-refractivity contribution in [2.75, 3.05) is 0 Å². The van der Waals surface area contributed by atoms with Crippen LogP contribution in [0.3, 0.4) is 0 Å². The van der Waals surface area contributed by atoms with Gasteiger partial charge in [0.1, 0.15) is 5.82 Å². The number of fused-ring (bicyclic) bond motifs is 2. The number of amides is 1. The second-order valence-corrected chi connectivity index (χ2v) is 5.85. The number of nitro groups is 1. The van der Waals surface area contributed by atoms with Crippen LogP contribution in [0.1, 0.15) is 16.2 Å². The van der Waals surface area contributed by atoms with Crippen LogP contribution in [0.2, 0.25) is 0 Å². The molecule has 7 nitrogen and oxygen atoms in total. The number of benzene rings is 3. The molecule has 128 valence electrons. The summed E-state index contributed by atoms with van der Waals surface area (Å²) in [6.07, 6.45) is 0. The van der Waals surface area contributed by atoms with E-state index in [0.29, 0.717) is 22.4 Å². The van der Waals surface area contributed by atoms with Crippen LogP contribution in [0.15, 0.2) is 60.7 Å². The third kappa shape index (κ3) is 2.86. The van der Waals surface area contributed by atoms with E-state index in [9.17, 15) is 14.9 Å². The molecule has 0 aliphatic carbocycles. The van der Waals surface area contributed by atoms with Crippen LogP contribution in [0.5, 0.6) is 0 Å². The first-order valence-corrected chi connectivity index (χ1v) is 8.01. The van der Waals surface area contributed by atoms with Crippen LogP contribution in [-0.2, 0) is 6.54 Å². The Balaban J connectivity index is 1.55. The van der Waals surface area contributed by atoms with Gasteiger partial charge in [0.25, 0.3) is 11.6 Å². The van der Waals surface area contributed by atoms with Crippen LogP contribution in [0, 0.1) is 10.1 Å². The first kappa shape index (κ1) is 15.8. The highest BCUT2D eigenvalue weighted by atomic mass is 16.6. The number of rotatable bonds is 4. The SMILES string of the molecule is O=C(NCc1nc2ccc([N+](=O)[O-])cc2[nH]1)c1cccc2ccccc12. The molecule has 0 unspecified atom stereocenters. The summed E-state index contributed by atoms with van der Waals surface area (Å²) in [5, 5.41) is 15.6. The minimum Gasteiger partial charge on any atom is -0.345 e. The number of hydrogen-bond acceptors (Lipinski definition) is 4. The maximum absolute atomic E-state index is 12.5. The minimum atomic E-state index is -0.456. The zero-order chi connectivity index (χ0) is 18.1. The van der Waals surface area contributed by atoms with E-state index in [1.54, 1.807) is 12.1 Å². The Morgan fingerprint density at radius 1 is 1.12 bits per heavy atom. The molecule has 1 aromatic heterocycles. The number of carbonyl (C=O) groups is 1. The fourth-order valence-corrected chi connectivity index (χ4v) is 2.93. The van der Waals surface area contributed by atoms with Crippen LogP contribution in [0.25, 0.3) is 21.8 Å².